The van der Waals surface area contributed by atoms with Crippen LogP contribution in [0.1, 0.15) is 53.9 Å². The van der Waals surface area contributed by atoms with Gasteiger partial charge in [0, 0.05) is 6.54 Å². The summed E-state index contributed by atoms with van der Waals surface area (Å²) in [6.07, 6.45) is 1.75. The molecule has 7 atom stereocenters. The molecule has 0 saturated carbocycles. The summed E-state index contributed by atoms with van der Waals surface area (Å²) < 4.78 is 6.70. The first-order valence-electron chi connectivity index (χ1n) is 13.0. The number of para-hydroxylation sites is 1. The van der Waals surface area contributed by atoms with Gasteiger partial charge in [-0.05, 0) is 50.2 Å². The summed E-state index contributed by atoms with van der Waals surface area (Å²) in [5.41, 5.74) is -1.61. The third-order valence-corrected chi connectivity index (χ3v) is 8.64. The number of benzene rings is 1. The van der Waals surface area contributed by atoms with Gasteiger partial charge < -0.3 is 25.4 Å². The molecule has 3 aliphatic heterocycles. The lowest BCUT2D eigenvalue weighted by Crippen LogP contribution is -2.56. The molecule has 36 heavy (non-hydrogen) atoms. The molecule has 2 bridgehead atoms. The third-order valence-electron chi connectivity index (χ3n) is 8.31. The van der Waals surface area contributed by atoms with E-state index in [1.54, 1.807) is 24.3 Å². The average Bonchev–Trinajstić information content (AvgIpc) is 3.34. The van der Waals surface area contributed by atoms with Gasteiger partial charge in [0.1, 0.15) is 11.6 Å². The van der Waals surface area contributed by atoms with Crippen LogP contribution in [-0.2, 0) is 19.1 Å². The molecule has 3 heterocycles. The van der Waals surface area contributed by atoms with Crippen LogP contribution in [0.2, 0.25) is 5.02 Å². The first-order valence-corrected chi connectivity index (χ1v) is 13.4. The summed E-state index contributed by atoms with van der Waals surface area (Å²) in [6, 6.07) is 5.34. The maximum atomic E-state index is 14.2. The predicted octanol–water partition coefficient (Wildman–Crippen LogP) is 3.22. The maximum absolute atomic E-state index is 14.2. The largest absolute Gasteiger partial charge is 0.394 e. The molecule has 3 unspecified atom stereocenters. The Bertz CT molecular complexity index is 1030. The zero-order valence-corrected chi connectivity index (χ0v) is 22.5. The molecule has 9 heteroatoms. The topological polar surface area (TPSA) is 108 Å². The molecular formula is C27H38ClN3O5. The Kier molecular flexibility index (Phi) is 7.43. The molecule has 3 saturated heterocycles. The van der Waals surface area contributed by atoms with Crippen LogP contribution >= 0.6 is 11.6 Å². The van der Waals surface area contributed by atoms with Crippen molar-refractivity contribution in [3.63, 3.8) is 0 Å². The molecule has 0 aliphatic carbocycles. The fourth-order valence-corrected chi connectivity index (χ4v) is 6.89. The lowest BCUT2D eigenvalue weighted by atomic mass is 9.62. The van der Waals surface area contributed by atoms with Gasteiger partial charge in [-0.15, -0.1) is 0 Å². The summed E-state index contributed by atoms with van der Waals surface area (Å²) in [6.45, 7) is 10.1. The number of ether oxygens (including phenoxy) is 1. The van der Waals surface area contributed by atoms with Crippen LogP contribution < -0.4 is 10.6 Å². The van der Waals surface area contributed by atoms with E-state index in [0.717, 1.165) is 6.42 Å². The monoisotopic (exact) mass is 519 g/mol. The molecule has 3 aliphatic rings. The molecule has 3 amide bonds. The smallest absolute Gasteiger partial charge is 0.250 e. The highest BCUT2D eigenvalue weighted by Gasteiger charge is 2.80. The molecule has 1 spiro atoms. The molecule has 1 aromatic carbocycles. The van der Waals surface area contributed by atoms with Gasteiger partial charge in [-0.3, -0.25) is 14.4 Å². The number of nitrogens with zero attached hydrogens (tertiary/aromatic N) is 1. The Morgan fingerprint density at radius 1 is 1.28 bits per heavy atom. The number of likely N-dealkylation sites (tertiary alicyclic amines) is 1. The Hall–Kier alpha value is -2.16. The van der Waals surface area contributed by atoms with Crippen LogP contribution in [0, 0.1) is 23.7 Å². The minimum atomic E-state index is -1.17. The molecule has 8 nitrogen and oxygen atoms in total. The van der Waals surface area contributed by atoms with Crippen LogP contribution in [0.4, 0.5) is 5.69 Å². The lowest BCUT2D eigenvalue weighted by Gasteiger charge is -2.37. The van der Waals surface area contributed by atoms with Gasteiger partial charge in [0.25, 0.3) is 0 Å². The molecule has 198 valence electrons. The van der Waals surface area contributed by atoms with E-state index in [0.29, 0.717) is 30.1 Å². The van der Waals surface area contributed by atoms with E-state index in [2.05, 4.69) is 10.6 Å². The molecule has 4 rings (SSSR count). The molecular weight excluding hydrogens is 482 g/mol. The Labute approximate surface area is 218 Å². The van der Waals surface area contributed by atoms with Crippen molar-refractivity contribution in [2.45, 2.75) is 77.2 Å². The van der Waals surface area contributed by atoms with Crippen molar-refractivity contribution in [2.24, 2.45) is 23.7 Å². The summed E-state index contributed by atoms with van der Waals surface area (Å²) in [5, 5.41) is 16.6. The fourth-order valence-electron chi connectivity index (χ4n) is 6.71. The maximum Gasteiger partial charge on any atom is 0.250 e. The number of rotatable bonds is 9. The van der Waals surface area contributed by atoms with Gasteiger partial charge in [0.15, 0.2) is 0 Å². The average molecular weight is 520 g/mol. The first kappa shape index (κ1) is 26.9. The van der Waals surface area contributed by atoms with Gasteiger partial charge in [0.05, 0.1) is 40.8 Å². The van der Waals surface area contributed by atoms with Gasteiger partial charge in [-0.2, -0.15) is 0 Å². The van der Waals surface area contributed by atoms with Crippen LogP contribution in [0.5, 0.6) is 0 Å². The lowest BCUT2D eigenvalue weighted by molar-refractivity contribution is -0.149. The van der Waals surface area contributed by atoms with Crippen molar-refractivity contribution in [1.82, 2.24) is 10.2 Å². The van der Waals surface area contributed by atoms with Crippen molar-refractivity contribution in [2.75, 3.05) is 18.5 Å². The number of hydrogen-bond acceptors (Lipinski definition) is 5. The number of carbonyl (C=O) groups is 3. The number of anilines is 1. The number of hydrogen-bond donors (Lipinski definition) is 3. The van der Waals surface area contributed by atoms with Crippen LogP contribution in [0.15, 0.2) is 24.3 Å². The van der Waals surface area contributed by atoms with E-state index in [1.165, 1.54) is 4.90 Å². The number of carbonyl (C=O) groups excluding carboxylic acids is 3. The van der Waals surface area contributed by atoms with Crippen LogP contribution in [0.25, 0.3) is 0 Å². The van der Waals surface area contributed by atoms with E-state index < -0.39 is 41.0 Å². The molecule has 3 fully saturated rings. The van der Waals surface area contributed by atoms with Crippen molar-refractivity contribution >= 4 is 35.0 Å². The summed E-state index contributed by atoms with van der Waals surface area (Å²) in [4.78, 5) is 43.1. The van der Waals surface area contributed by atoms with Crippen LogP contribution in [0.3, 0.4) is 0 Å². The third kappa shape index (κ3) is 4.11. The zero-order valence-electron chi connectivity index (χ0n) is 21.7. The van der Waals surface area contributed by atoms with E-state index in [4.69, 9.17) is 16.3 Å². The quantitative estimate of drug-likeness (QED) is 0.464. The highest BCUT2D eigenvalue weighted by atomic mass is 35.5. The number of amides is 3. The highest BCUT2D eigenvalue weighted by Crippen LogP contribution is 2.65. The summed E-state index contributed by atoms with van der Waals surface area (Å²) in [7, 11) is 0. The Balaban J connectivity index is 1.80. The number of aliphatic hydroxyl groups excluding tert-OH is 1. The second-order valence-corrected chi connectivity index (χ2v) is 11.6. The SMILES string of the molecule is CCCNC(=O)[C@@H]1[C@H]2C(=O)N([C@@H](CO)CC(C)C)C(C(=O)Nc3ccccc3Cl)C23CC(C)[C@@]1(C)O3. The zero-order chi connectivity index (χ0) is 26.4. The fraction of sp³-hybridized carbons (Fsp3) is 0.667. The van der Waals surface area contributed by atoms with Gasteiger partial charge in [-0.25, -0.2) is 0 Å². The highest BCUT2D eigenvalue weighted by molar-refractivity contribution is 6.33. The molecule has 3 N–H and O–H groups in total. The number of halogens is 1. The van der Waals surface area contributed by atoms with Crippen molar-refractivity contribution < 1.29 is 24.2 Å². The minimum Gasteiger partial charge on any atom is -0.394 e. The number of fused-ring (bicyclic) bond motifs is 1. The predicted molar refractivity (Wildman–Crippen MR) is 137 cm³/mol. The number of aliphatic hydroxyl groups is 1. The van der Waals surface area contributed by atoms with E-state index in [9.17, 15) is 19.5 Å². The molecule has 0 radical (unpaired) electrons. The molecule has 1 aromatic rings. The normalized spacial score (nSPS) is 33.7. The molecule has 0 aromatic heterocycles. The summed E-state index contributed by atoms with van der Waals surface area (Å²) in [5.74, 6) is -2.35. The van der Waals surface area contributed by atoms with Crippen molar-refractivity contribution in [3.8, 4) is 0 Å². The van der Waals surface area contributed by atoms with E-state index >= 15 is 0 Å². The second kappa shape index (κ2) is 9.95. The second-order valence-electron chi connectivity index (χ2n) is 11.2. The van der Waals surface area contributed by atoms with E-state index in [1.807, 2.05) is 34.6 Å². The van der Waals surface area contributed by atoms with Crippen molar-refractivity contribution in [1.29, 1.82) is 0 Å². The standard InChI is InChI=1S/C27H38ClN3O5/c1-6-11-29-23(33)20-21-25(35)31(17(14-32)12-15(2)3)22(27(21)13-16(4)26(20,5)36-27)24(34)30-19-10-8-7-9-18(19)28/h7-10,15-17,20-22,32H,6,11-14H2,1-5H3,(H,29,33)(H,30,34)/t16?,17-,20+,21+,22?,26-,27?/m1/s1. The van der Waals surface area contributed by atoms with E-state index in [-0.39, 0.29) is 30.3 Å². The minimum absolute atomic E-state index is 0.0489. The Morgan fingerprint density at radius 2 is 1.97 bits per heavy atom. The van der Waals surface area contributed by atoms with Gasteiger partial charge in [-0.1, -0.05) is 51.4 Å². The van der Waals surface area contributed by atoms with Crippen molar-refractivity contribution in [3.05, 3.63) is 29.3 Å². The van der Waals surface area contributed by atoms with Crippen LogP contribution in [-0.4, -0.2) is 64.2 Å². The Morgan fingerprint density at radius 3 is 2.58 bits per heavy atom. The van der Waals surface area contributed by atoms with Gasteiger partial charge in [0.2, 0.25) is 17.7 Å². The summed E-state index contributed by atoms with van der Waals surface area (Å²) >= 11 is 6.33. The number of nitrogens with one attached hydrogen (secondary N) is 2. The van der Waals surface area contributed by atoms with Gasteiger partial charge >= 0.3 is 0 Å². The first-order chi connectivity index (χ1) is 17.0.